The minimum Gasteiger partial charge on any atom is -0.254 e. The predicted molar refractivity (Wildman–Crippen MR) is 21.1 cm³/mol. The molecule has 0 atom stereocenters. The van der Waals surface area contributed by atoms with Gasteiger partial charge in [-0.2, -0.15) is 13.2 Å². The molecule has 68 valence electrons. The van der Waals surface area contributed by atoms with Crippen molar-refractivity contribution in [3.8, 4) is 0 Å². The van der Waals surface area contributed by atoms with Crippen LogP contribution in [0.25, 0.3) is 0 Å². The lowest BCUT2D eigenvalue weighted by molar-refractivity contribution is -0.219. The summed E-state index contributed by atoms with van der Waals surface area (Å²) in [5, 5.41) is 0. The van der Waals surface area contributed by atoms with Crippen LogP contribution >= 0.6 is 0 Å². The molecule has 0 amide bonds. The molecule has 0 radical (unpaired) electrons. The smallest absolute Gasteiger partial charge is 0.254 e. The van der Waals surface area contributed by atoms with Crippen molar-refractivity contribution < 1.29 is 34.9 Å². The summed E-state index contributed by atoms with van der Waals surface area (Å²) in [6.07, 6.45) is -9.53. The van der Waals surface area contributed by atoms with Crippen molar-refractivity contribution in [3.63, 3.8) is 0 Å². The largest absolute Gasteiger partial charge is 0.762 e. The number of hydrogen-bond donors (Lipinski definition) is 0. The van der Waals surface area contributed by atoms with Gasteiger partial charge < -0.3 is 0 Å². The molecule has 0 saturated carbocycles. The molecule has 0 unspecified atom stereocenters. The molecule has 0 saturated heterocycles. The third-order valence-corrected chi connectivity index (χ3v) is 0.247. The Bertz CT molecular complexity index is 81.8. The monoisotopic (exact) mass is 188 g/mol. The predicted octanol–water partition coefficient (Wildman–Crippen LogP) is 2.69. The lowest BCUT2D eigenvalue weighted by Crippen LogP contribution is -2.18. The summed E-state index contributed by atoms with van der Waals surface area (Å²) in [6, 6.07) is 0. The SMILES string of the molecule is FB(F)F.FC(F)C(F)(F)F. The number of rotatable bonds is 0. The Balaban J connectivity index is 0. The Morgan fingerprint density at radius 2 is 1.00 bits per heavy atom. The van der Waals surface area contributed by atoms with Crippen molar-refractivity contribution >= 4 is 7.54 Å². The van der Waals surface area contributed by atoms with Crippen LogP contribution < -0.4 is 0 Å². The Hall–Kier alpha value is -0.495. The van der Waals surface area contributed by atoms with Crippen LogP contribution in [0.4, 0.5) is 34.9 Å². The van der Waals surface area contributed by atoms with Crippen molar-refractivity contribution in [3.05, 3.63) is 0 Å². The molecule has 0 aromatic carbocycles. The van der Waals surface area contributed by atoms with Crippen LogP contribution in [0.15, 0.2) is 0 Å². The molecular formula is C2HBF8. The average molecular weight is 188 g/mol. The van der Waals surface area contributed by atoms with Gasteiger partial charge in [0.2, 0.25) is 0 Å². The van der Waals surface area contributed by atoms with Gasteiger partial charge in [-0.3, -0.25) is 12.9 Å². The topological polar surface area (TPSA) is 0 Å². The quantitative estimate of drug-likeness (QED) is 0.404. The third kappa shape index (κ3) is 17.7. The van der Waals surface area contributed by atoms with Gasteiger partial charge in [0, 0.05) is 0 Å². The fourth-order valence-corrected chi connectivity index (χ4v) is 0. The molecule has 0 aromatic rings. The molecule has 0 spiro atoms. The molecule has 0 bridgehead atoms. The molecule has 0 N–H and O–H groups in total. The van der Waals surface area contributed by atoms with Crippen LogP contribution in [0.1, 0.15) is 0 Å². The molecule has 0 aliphatic carbocycles. The van der Waals surface area contributed by atoms with Gasteiger partial charge in [-0.25, -0.2) is 8.78 Å². The summed E-state index contributed by atoms with van der Waals surface area (Å²) >= 11 is 0. The molecule has 0 nitrogen and oxygen atoms in total. The van der Waals surface area contributed by atoms with Crippen LogP contribution in [-0.4, -0.2) is 20.1 Å². The summed E-state index contributed by atoms with van der Waals surface area (Å²) in [4.78, 5) is 0. The van der Waals surface area contributed by atoms with Crippen LogP contribution in [-0.2, 0) is 0 Å². The van der Waals surface area contributed by atoms with E-state index in [1.54, 1.807) is 0 Å². The highest BCUT2D eigenvalue weighted by atomic mass is 19.4. The molecule has 0 heterocycles. The second kappa shape index (κ2) is 5.19. The highest BCUT2D eigenvalue weighted by Gasteiger charge is 2.40. The summed E-state index contributed by atoms with van der Waals surface area (Å²) < 4.78 is 81.1. The van der Waals surface area contributed by atoms with E-state index in [0.29, 0.717) is 0 Å². The lowest BCUT2D eigenvalue weighted by Gasteiger charge is -2.00. The number of hydrogen-bond acceptors (Lipinski definition) is 0. The second-order valence-corrected chi connectivity index (χ2v) is 1.09. The van der Waals surface area contributed by atoms with Crippen LogP contribution in [0.2, 0.25) is 0 Å². The van der Waals surface area contributed by atoms with Gasteiger partial charge >= 0.3 is 20.1 Å². The van der Waals surface area contributed by atoms with E-state index in [0.717, 1.165) is 0 Å². The third-order valence-electron chi connectivity index (χ3n) is 0.247. The first-order valence-corrected chi connectivity index (χ1v) is 1.95. The second-order valence-electron chi connectivity index (χ2n) is 1.09. The number of halogens is 8. The maximum absolute atomic E-state index is 10.4. The summed E-state index contributed by atoms with van der Waals surface area (Å²) in [7, 11) is -3.67. The summed E-state index contributed by atoms with van der Waals surface area (Å²) in [5.74, 6) is 0. The van der Waals surface area contributed by atoms with Gasteiger partial charge in [0.25, 0.3) is 0 Å². The van der Waals surface area contributed by atoms with Crippen molar-refractivity contribution in [2.45, 2.75) is 12.6 Å². The average Bonchev–Trinajstić information content (AvgIpc) is 1.59. The minimum absolute atomic E-state index is 3.67. The van der Waals surface area contributed by atoms with E-state index in [9.17, 15) is 34.9 Å². The van der Waals surface area contributed by atoms with Crippen LogP contribution in [0, 0.1) is 0 Å². The zero-order chi connectivity index (χ0) is 9.65. The zero-order valence-corrected chi connectivity index (χ0v) is 4.68. The molecule has 0 aliphatic rings. The Morgan fingerprint density at radius 3 is 1.00 bits per heavy atom. The Labute approximate surface area is 56.4 Å². The molecule has 0 aliphatic heterocycles. The van der Waals surface area contributed by atoms with Gasteiger partial charge in [0.15, 0.2) is 0 Å². The first-order valence-electron chi connectivity index (χ1n) is 1.95. The van der Waals surface area contributed by atoms with E-state index < -0.39 is 20.1 Å². The van der Waals surface area contributed by atoms with E-state index in [2.05, 4.69) is 0 Å². The minimum atomic E-state index is -5.33. The summed E-state index contributed by atoms with van der Waals surface area (Å²) in [6.45, 7) is 0. The normalized spacial score (nSPS) is 10.6. The van der Waals surface area contributed by atoms with Crippen LogP contribution in [0.5, 0.6) is 0 Å². The maximum atomic E-state index is 10.4. The van der Waals surface area contributed by atoms with Gasteiger partial charge in [-0.15, -0.1) is 0 Å². The van der Waals surface area contributed by atoms with E-state index in [1.807, 2.05) is 0 Å². The first-order chi connectivity index (χ1) is 4.68. The molecule has 0 fully saturated rings. The molecule has 9 heteroatoms. The fourth-order valence-electron chi connectivity index (χ4n) is 0. The van der Waals surface area contributed by atoms with Gasteiger partial charge in [0.1, 0.15) is 0 Å². The molecular weight excluding hydrogens is 187 g/mol. The van der Waals surface area contributed by atoms with Gasteiger partial charge in [0.05, 0.1) is 0 Å². The van der Waals surface area contributed by atoms with Crippen molar-refractivity contribution in [1.82, 2.24) is 0 Å². The van der Waals surface area contributed by atoms with Gasteiger partial charge in [-0.05, 0) is 0 Å². The first kappa shape index (κ1) is 13.1. The van der Waals surface area contributed by atoms with Crippen molar-refractivity contribution in [1.29, 1.82) is 0 Å². The Morgan fingerprint density at radius 1 is 0.909 bits per heavy atom. The van der Waals surface area contributed by atoms with Crippen molar-refractivity contribution in [2.24, 2.45) is 0 Å². The molecule has 11 heavy (non-hydrogen) atoms. The highest BCUT2D eigenvalue weighted by Crippen LogP contribution is 2.22. The fraction of sp³-hybridized carbons (Fsp3) is 1.00. The van der Waals surface area contributed by atoms with Crippen LogP contribution in [0.3, 0.4) is 0 Å². The Kier molecular flexibility index (Phi) is 6.20. The van der Waals surface area contributed by atoms with E-state index in [-0.39, 0.29) is 0 Å². The maximum Gasteiger partial charge on any atom is 0.762 e. The molecule has 0 rings (SSSR count). The van der Waals surface area contributed by atoms with Gasteiger partial charge in [-0.1, -0.05) is 0 Å². The summed E-state index contributed by atoms with van der Waals surface area (Å²) in [5.41, 5.74) is 0. The lowest BCUT2D eigenvalue weighted by atomic mass is 10.5. The standard InChI is InChI=1S/C2HF5.BF3/c3-1(4)2(5,6)7;2-1(3)4/h1H;. The van der Waals surface area contributed by atoms with E-state index in [1.165, 1.54) is 0 Å². The van der Waals surface area contributed by atoms with Crippen molar-refractivity contribution in [2.75, 3.05) is 0 Å². The molecule has 0 aromatic heterocycles. The zero-order valence-electron chi connectivity index (χ0n) is 4.68. The highest BCUT2D eigenvalue weighted by molar-refractivity contribution is 6.33. The van der Waals surface area contributed by atoms with E-state index in [4.69, 9.17) is 0 Å². The number of alkyl halides is 5. The van der Waals surface area contributed by atoms with E-state index >= 15 is 0 Å².